The molecule has 192 valence electrons. The summed E-state index contributed by atoms with van der Waals surface area (Å²) in [7, 11) is 0. The van der Waals surface area contributed by atoms with E-state index in [9.17, 15) is 8.78 Å². The molecule has 6 rings (SSSR count). The van der Waals surface area contributed by atoms with Crippen LogP contribution in [-0.4, -0.2) is 89.6 Å². The van der Waals surface area contributed by atoms with Crippen molar-refractivity contribution in [3.05, 3.63) is 36.2 Å². The fourth-order valence-electron chi connectivity index (χ4n) is 5.19. The zero-order valence-corrected chi connectivity index (χ0v) is 20.2. The largest absolute Gasteiger partial charge is 0.378 e. The van der Waals surface area contributed by atoms with Crippen molar-refractivity contribution in [3.8, 4) is 5.82 Å². The van der Waals surface area contributed by atoms with Crippen molar-refractivity contribution >= 4 is 22.8 Å². The van der Waals surface area contributed by atoms with Crippen molar-refractivity contribution in [1.82, 2.24) is 24.4 Å². The topological polar surface area (TPSA) is 80.6 Å². The average Bonchev–Trinajstić information content (AvgIpc) is 3.28. The van der Waals surface area contributed by atoms with Crippen LogP contribution in [-0.2, 0) is 9.47 Å². The molecule has 3 aliphatic rings. The predicted molar refractivity (Wildman–Crippen MR) is 132 cm³/mol. The van der Waals surface area contributed by atoms with Crippen LogP contribution in [0.4, 0.5) is 20.5 Å². The molecule has 1 aromatic carbocycles. The van der Waals surface area contributed by atoms with Gasteiger partial charge in [-0.05, 0) is 44.0 Å². The number of hydrogen-bond donors (Lipinski definition) is 1. The van der Waals surface area contributed by atoms with E-state index in [1.54, 1.807) is 24.3 Å². The number of anilines is 2. The monoisotopic (exact) mass is 499 g/mol. The number of benzene rings is 1. The molecule has 3 aliphatic heterocycles. The van der Waals surface area contributed by atoms with E-state index in [0.717, 1.165) is 45.7 Å². The second-order valence-corrected chi connectivity index (χ2v) is 9.65. The standard InChI is InChI=1S/C25H31F2N7O2/c26-23(27)24-29-19-3-1-2-4-20(19)34(24)22-13-21(33-9-11-35-12-10-33)30-25(31-22)28-14-17-5-7-32(8-6-17)18-15-36-16-18/h1-4,13,17-18,23H,5-12,14-16H2,(H,28,30,31). The highest BCUT2D eigenvalue weighted by Gasteiger charge is 2.30. The first-order chi connectivity index (χ1) is 17.7. The number of nitrogens with zero attached hydrogens (tertiary/aromatic N) is 6. The lowest BCUT2D eigenvalue weighted by atomic mass is 9.95. The Morgan fingerprint density at radius 1 is 0.944 bits per heavy atom. The van der Waals surface area contributed by atoms with Crippen LogP contribution in [0.1, 0.15) is 25.1 Å². The Labute approximate surface area is 208 Å². The maximum atomic E-state index is 14.0. The summed E-state index contributed by atoms with van der Waals surface area (Å²) in [5, 5.41) is 3.42. The first-order valence-electron chi connectivity index (χ1n) is 12.7. The van der Waals surface area contributed by atoms with E-state index in [2.05, 4.69) is 20.1 Å². The first-order valence-corrected chi connectivity index (χ1v) is 12.7. The van der Waals surface area contributed by atoms with Crippen molar-refractivity contribution in [1.29, 1.82) is 0 Å². The van der Waals surface area contributed by atoms with Gasteiger partial charge >= 0.3 is 0 Å². The number of halogens is 2. The van der Waals surface area contributed by atoms with Gasteiger partial charge in [-0.15, -0.1) is 0 Å². The number of alkyl halides is 2. The number of likely N-dealkylation sites (tertiary alicyclic amines) is 1. The molecule has 0 amide bonds. The van der Waals surface area contributed by atoms with E-state index >= 15 is 0 Å². The Balaban J connectivity index is 1.28. The summed E-state index contributed by atoms with van der Waals surface area (Å²) in [4.78, 5) is 18.3. The average molecular weight is 500 g/mol. The number of rotatable bonds is 7. The van der Waals surface area contributed by atoms with Gasteiger partial charge in [-0.25, -0.2) is 13.8 Å². The molecule has 11 heteroatoms. The lowest BCUT2D eigenvalue weighted by Crippen LogP contribution is -2.52. The van der Waals surface area contributed by atoms with Gasteiger partial charge < -0.3 is 19.7 Å². The van der Waals surface area contributed by atoms with Gasteiger partial charge in [0.25, 0.3) is 6.43 Å². The van der Waals surface area contributed by atoms with E-state index in [-0.39, 0.29) is 5.82 Å². The Kier molecular flexibility index (Phi) is 6.68. The summed E-state index contributed by atoms with van der Waals surface area (Å²) >= 11 is 0. The molecule has 2 aromatic heterocycles. The number of imidazole rings is 1. The summed E-state index contributed by atoms with van der Waals surface area (Å²) in [6.07, 6.45) is -0.538. The van der Waals surface area contributed by atoms with Gasteiger partial charge in [0.1, 0.15) is 11.6 Å². The molecule has 0 saturated carbocycles. The molecular weight excluding hydrogens is 468 g/mol. The highest BCUT2D eigenvalue weighted by molar-refractivity contribution is 5.78. The summed E-state index contributed by atoms with van der Waals surface area (Å²) in [6.45, 7) is 7.14. The Morgan fingerprint density at radius 2 is 1.69 bits per heavy atom. The second kappa shape index (κ2) is 10.2. The summed E-state index contributed by atoms with van der Waals surface area (Å²) in [5.41, 5.74) is 1.11. The molecular formula is C25H31F2N7O2. The van der Waals surface area contributed by atoms with E-state index in [1.165, 1.54) is 4.57 Å². The van der Waals surface area contributed by atoms with Crippen LogP contribution in [0.25, 0.3) is 16.9 Å². The van der Waals surface area contributed by atoms with E-state index in [0.29, 0.717) is 66.9 Å². The number of para-hydroxylation sites is 2. The third-order valence-corrected chi connectivity index (χ3v) is 7.38. The Morgan fingerprint density at radius 3 is 2.42 bits per heavy atom. The third-order valence-electron chi connectivity index (χ3n) is 7.38. The van der Waals surface area contributed by atoms with E-state index in [1.807, 2.05) is 6.07 Å². The van der Waals surface area contributed by atoms with Crippen molar-refractivity contribution in [2.24, 2.45) is 5.92 Å². The minimum absolute atomic E-state index is 0.318. The van der Waals surface area contributed by atoms with Crippen LogP contribution in [0.5, 0.6) is 0 Å². The van der Waals surface area contributed by atoms with Crippen LogP contribution < -0.4 is 10.2 Å². The maximum Gasteiger partial charge on any atom is 0.296 e. The molecule has 1 N–H and O–H groups in total. The van der Waals surface area contributed by atoms with Crippen molar-refractivity contribution in [2.45, 2.75) is 25.3 Å². The van der Waals surface area contributed by atoms with Gasteiger partial charge in [0, 0.05) is 25.7 Å². The van der Waals surface area contributed by atoms with Gasteiger partial charge in [-0.2, -0.15) is 9.97 Å². The number of morpholine rings is 1. The molecule has 0 aliphatic carbocycles. The normalized spacial score (nSPS) is 20.2. The third kappa shape index (κ3) is 4.74. The van der Waals surface area contributed by atoms with Gasteiger partial charge in [0.2, 0.25) is 5.95 Å². The quantitative estimate of drug-likeness (QED) is 0.531. The minimum Gasteiger partial charge on any atom is -0.378 e. The molecule has 3 fully saturated rings. The first kappa shape index (κ1) is 23.5. The molecule has 0 bridgehead atoms. The smallest absolute Gasteiger partial charge is 0.296 e. The zero-order chi connectivity index (χ0) is 24.5. The zero-order valence-electron chi connectivity index (χ0n) is 20.2. The molecule has 9 nitrogen and oxygen atoms in total. The van der Waals surface area contributed by atoms with E-state index < -0.39 is 6.43 Å². The van der Waals surface area contributed by atoms with Crippen LogP contribution in [0.3, 0.4) is 0 Å². The fraction of sp³-hybridized carbons (Fsp3) is 0.560. The molecule has 0 spiro atoms. The molecule has 0 radical (unpaired) electrons. The highest BCUT2D eigenvalue weighted by atomic mass is 19.3. The molecule has 5 heterocycles. The van der Waals surface area contributed by atoms with Crippen LogP contribution >= 0.6 is 0 Å². The SMILES string of the molecule is FC(F)c1nc2ccccc2n1-c1cc(N2CCOCC2)nc(NCC2CCN(C3COC3)CC2)n1. The number of fused-ring (bicyclic) bond motifs is 1. The van der Waals surface area contributed by atoms with Crippen molar-refractivity contribution in [2.75, 3.05) is 69.4 Å². The lowest BCUT2D eigenvalue weighted by Gasteiger charge is -2.41. The number of piperidine rings is 1. The number of nitrogens with one attached hydrogen (secondary N) is 1. The molecule has 3 saturated heterocycles. The van der Waals surface area contributed by atoms with Crippen molar-refractivity contribution < 1.29 is 18.3 Å². The molecule has 36 heavy (non-hydrogen) atoms. The predicted octanol–water partition coefficient (Wildman–Crippen LogP) is 3.11. The lowest BCUT2D eigenvalue weighted by molar-refractivity contribution is -0.0732. The molecule has 0 atom stereocenters. The fourth-order valence-corrected chi connectivity index (χ4v) is 5.19. The minimum atomic E-state index is -2.73. The van der Waals surface area contributed by atoms with Gasteiger partial charge in [-0.1, -0.05) is 12.1 Å². The van der Waals surface area contributed by atoms with Crippen LogP contribution in [0, 0.1) is 5.92 Å². The van der Waals surface area contributed by atoms with Crippen LogP contribution in [0.2, 0.25) is 0 Å². The Bertz CT molecular complexity index is 1190. The summed E-state index contributed by atoms with van der Waals surface area (Å²) in [6, 6.07) is 9.49. The van der Waals surface area contributed by atoms with Crippen LogP contribution in [0.15, 0.2) is 30.3 Å². The van der Waals surface area contributed by atoms with E-state index in [4.69, 9.17) is 19.4 Å². The number of ether oxygens (including phenoxy) is 2. The highest BCUT2D eigenvalue weighted by Crippen LogP contribution is 2.29. The summed E-state index contributed by atoms with van der Waals surface area (Å²) < 4.78 is 40.4. The summed E-state index contributed by atoms with van der Waals surface area (Å²) in [5.74, 6) is 1.72. The number of hydrogen-bond acceptors (Lipinski definition) is 8. The van der Waals surface area contributed by atoms with Gasteiger partial charge in [0.05, 0.1) is 43.5 Å². The number of aromatic nitrogens is 4. The van der Waals surface area contributed by atoms with Gasteiger partial charge in [-0.3, -0.25) is 9.47 Å². The van der Waals surface area contributed by atoms with Gasteiger partial charge in [0.15, 0.2) is 5.82 Å². The van der Waals surface area contributed by atoms with Crippen molar-refractivity contribution in [3.63, 3.8) is 0 Å². The maximum absolute atomic E-state index is 14.0. The molecule has 0 unspecified atom stereocenters. The second-order valence-electron chi connectivity index (χ2n) is 9.65. The Hall–Kier alpha value is -2.89. The molecule has 3 aromatic rings.